The second-order valence-corrected chi connectivity index (χ2v) is 6.67. The first-order chi connectivity index (χ1) is 10.1. The van der Waals surface area contributed by atoms with Crippen LogP contribution >= 0.6 is 15.9 Å². The highest BCUT2D eigenvalue weighted by molar-refractivity contribution is 9.10. The number of aliphatic hydroxyl groups excluding tert-OH is 1. The molecule has 1 aliphatic heterocycles. The van der Waals surface area contributed by atoms with E-state index in [2.05, 4.69) is 46.8 Å². The summed E-state index contributed by atoms with van der Waals surface area (Å²) < 4.78 is 6.71. The van der Waals surface area contributed by atoms with Gasteiger partial charge in [-0.1, -0.05) is 35.0 Å². The van der Waals surface area contributed by atoms with Crippen LogP contribution in [0.3, 0.4) is 0 Å². The highest BCUT2D eigenvalue weighted by Gasteiger charge is 2.34. The molecule has 3 N–H and O–H groups in total. The Kier molecular flexibility index (Phi) is 6.20. The summed E-state index contributed by atoms with van der Waals surface area (Å²) in [6, 6.07) is 8.81. The van der Waals surface area contributed by atoms with Crippen molar-refractivity contribution in [2.75, 3.05) is 19.8 Å². The van der Waals surface area contributed by atoms with Crippen LogP contribution in [0.4, 0.5) is 0 Å². The number of rotatable bonds is 5. The zero-order chi connectivity index (χ0) is 15.4. The minimum atomic E-state index is -0.125. The van der Waals surface area contributed by atoms with Crippen LogP contribution in [-0.4, -0.2) is 48.0 Å². The number of nitrogens with two attached hydrogens (primary N) is 1. The lowest BCUT2D eigenvalue weighted by Crippen LogP contribution is -2.54. The van der Waals surface area contributed by atoms with E-state index >= 15 is 0 Å². The summed E-state index contributed by atoms with van der Waals surface area (Å²) in [5, 5.41) is 9.40. The van der Waals surface area contributed by atoms with Crippen molar-refractivity contribution >= 4 is 15.9 Å². The molecule has 118 valence electrons. The van der Waals surface area contributed by atoms with Crippen molar-refractivity contribution in [1.29, 1.82) is 0 Å². The number of nitrogens with zero attached hydrogens (tertiary/aromatic N) is 1. The summed E-state index contributed by atoms with van der Waals surface area (Å²) in [4.78, 5) is 2.38. The topological polar surface area (TPSA) is 58.7 Å². The number of halogens is 1. The molecule has 1 aliphatic rings. The van der Waals surface area contributed by atoms with Gasteiger partial charge >= 0.3 is 0 Å². The van der Waals surface area contributed by atoms with Gasteiger partial charge in [-0.2, -0.15) is 0 Å². The van der Waals surface area contributed by atoms with Gasteiger partial charge in [-0.15, -0.1) is 0 Å². The van der Waals surface area contributed by atoms with E-state index in [1.165, 1.54) is 5.56 Å². The number of aliphatic hydroxyl groups is 1. The van der Waals surface area contributed by atoms with Gasteiger partial charge < -0.3 is 15.6 Å². The van der Waals surface area contributed by atoms with Crippen LogP contribution in [0.5, 0.6) is 0 Å². The van der Waals surface area contributed by atoms with Gasteiger partial charge in [-0.05, 0) is 31.0 Å². The molecule has 0 aromatic heterocycles. The van der Waals surface area contributed by atoms with Crippen LogP contribution in [0.1, 0.15) is 31.9 Å². The Balaban J connectivity index is 2.30. The maximum absolute atomic E-state index is 9.40. The molecule has 4 unspecified atom stereocenters. The van der Waals surface area contributed by atoms with E-state index in [0.29, 0.717) is 13.2 Å². The first-order valence-corrected chi connectivity index (χ1v) is 8.35. The zero-order valence-corrected chi connectivity index (χ0v) is 14.3. The number of hydrogen-bond acceptors (Lipinski definition) is 4. The normalized spacial score (nSPS) is 26.5. The molecule has 4 atom stereocenters. The minimum absolute atomic E-state index is 0.0514. The number of benzene rings is 1. The number of hydrogen-bond donors (Lipinski definition) is 2. The van der Waals surface area contributed by atoms with Gasteiger partial charge in [-0.25, -0.2) is 0 Å². The van der Waals surface area contributed by atoms with Gasteiger partial charge in [0.2, 0.25) is 0 Å². The fourth-order valence-corrected chi connectivity index (χ4v) is 3.35. The quantitative estimate of drug-likeness (QED) is 0.849. The Morgan fingerprint density at radius 2 is 2.29 bits per heavy atom. The molecule has 0 radical (unpaired) electrons. The number of morpholine rings is 1. The summed E-state index contributed by atoms with van der Waals surface area (Å²) in [7, 11) is 0. The Morgan fingerprint density at radius 3 is 2.90 bits per heavy atom. The van der Waals surface area contributed by atoms with Gasteiger partial charge in [0.15, 0.2) is 0 Å². The first kappa shape index (κ1) is 16.9. The van der Waals surface area contributed by atoms with Gasteiger partial charge in [-0.3, -0.25) is 4.90 Å². The zero-order valence-electron chi connectivity index (χ0n) is 12.7. The lowest BCUT2D eigenvalue weighted by Gasteiger charge is -2.44. The molecule has 0 bridgehead atoms. The minimum Gasteiger partial charge on any atom is -0.394 e. The summed E-state index contributed by atoms with van der Waals surface area (Å²) >= 11 is 3.54. The van der Waals surface area contributed by atoms with Crippen LogP contribution in [0.15, 0.2) is 28.7 Å². The fourth-order valence-electron chi connectivity index (χ4n) is 2.94. The van der Waals surface area contributed by atoms with Gasteiger partial charge in [0, 0.05) is 23.1 Å². The van der Waals surface area contributed by atoms with E-state index in [1.807, 2.05) is 12.1 Å². The van der Waals surface area contributed by atoms with Crippen molar-refractivity contribution in [1.82, 2.24) is 4.90 Å². The Labute approximate surface area is 135 Å². The molecule has 2 rings (SSSR count). The van der Waals surface area contributed by atoms with Crippen LogP contribution in [0.2, 0.25) is 0 Å². The van der Waals surface area contributed by atoms with Crippen LogP contribution in [0, 0.1) is 0 Å². The maximum atomic E-state index is 9.40. The second-order valence-electron chi connectivity index (χ2n) is 5.76. The van der Waals surface area contributed by atoms with Crippen molar-refractivity contribution in [3.05, 3.63) is 34.3 Å². The lowest BCUT2D eigenvalue weighted by atomic mass is 9.94. The SMILES string of the molecule is CCC(N)C(c1cccc(Br)c1)N1CC(CO)OCC1C. The van der Waals surface area contributed by atoms with Crippen molar-refractivity contribution in [2.45, 2.75) is 44.5 Å². The van der Waals surface area contributed by atoms with Crippen molar-refractivity contribution in [3.63, 3.8) is 0 Å². The van der Waals surface area contributed by atoms with E-state index in [-0.39, 0.29) is 30.8 Å². The molecule has 5 heteroatoms. The molecule has 0 saturated carbocycles. The molecule has 1 heterocycles. The summed E-state index contributed by atoms with van der Waals surface area (Å²) in [5.74, 6) is 0. The van der Waals surface area contributed by atoms with E-state index in [9.17, 15) is 5.11 Å². The average molecular weight is 357 g/mol. The first-order valence-electron chi connectivity index (χ1n) is 7.56. The summed E-state index contributed by atoms with van der Waals surface area (Å²) in [5.41, 5.74) is 7.63. The molecule has 1 aromatic carbocycles. The monoisotopic (exact) mass is 356 g/mol. The van der Waals surface area contributed by atoms with Crippen molar-refractivity contribution in [3.8, 4) is 0 Å². The molecular formula is C16H25BrN2O2. The fraction of sp³-hybridized carbons (Fsp3) is 0.625. The predicted octanol–water partition coefficient (Wildman–Crippen LogP) is 2.31. The average Bonchev–Trinajstić information content (AvgIpc) is 2.49. The van der Waals surface area contributed by atoms with E-state index in [0.717, 1.165) is 10.9 Å². The largest absolute Gasteiger partial charge is 0.394 e. The van der Waals surface area contributed by atoms with Crippen molar-refractivity contribution in [2.24, 2.45) is 5.73 Å². The highest BCUT2D eigenvalue weighted by Crippen LogP contribution is 2.31. The second kappa shape index (κ2) is 7.70. The molecule has 1 saturated heterocycles. The third-order valence-electron chi connectivity index (χ3n) is 4.18. The lowest BCUT2D eigenvalue weighted by molar-refractivity contribution is -0.0948. The molecule has 21 heavy (non-hydrogen) atoms. The summed E-state index contributed by atoms with van der Waals surface area (Å²) in [6.07, 6.45) is 0.783. The summed E-state index contributed by atoms with van der Waals surface area (Å²) in [6.45, 7) is 5.66. The molecule has 1 aromatic rings. The maximum Gasteiger partial charge on any atom is 0.0933 e. The number of ether oxygens (including phenoxy) is 1. The Hall–Kier alpha value is -0.460. The molecule has 0 aliphatic carbocycles. The van der Waals surface area contributed by atoms with Crippen LogP contribution < -0.4 is 5.73 Å². The van der Waals surface area contributed by atoms with E-state index in [1.54, 1.807) is 0 Å². The molecule has 4 nitrogen and oxygen atoms in total. The van der Waals surface area contributed by atoms with E-state index < -0.39 is 0 Å². The van der Waals surface area contributed by atoms with Crippen LogP contribution in [0.25, 0.3) is 0 Å². The van der Waals surface area contributed by atoms with Gasteiger partial charge in [0.1, 0.15) is 0 Å². The molecule has 1 fully saturated rings. The predicted molar refractivity (Wildman–Crippen MR) is 88.1 cm³/mol. The smallest absolute Gasteiger partial charge is 0.0933 e. The standard InChI is InChI=1S/C16H25BrN2O2/c1-3-15(18)16(12-5-4-6-13(17)7-12)19-8-14(9-20)21-10-11(19)2/h4-7,11,14-16,20H,3,8-10,18H2,1-2H3. The van der Waals surface area contributed by atoms with Crippen LogP contribution in [-0.2, 0) is 4.74 Å². The highest BCUT2D eigenvalue weighted by atomic mass is 79.9. The van der Waals surface area contributed by atoms with Gasteiger partial charge in [0.05, 0.1) is 25.4 Å². The third-order valence-corrected chi connectivity index (χ3v) is 4.68. The molecular weight excluding hydrogens is 332 g/mol. The molecule has 0 amide bonds. The Bertz CT molecular complexity index is 458. The molecule has 0 spiro atoms. The van der Waals surface area contributed by atoms with E-state index in [4.69, 9.17) is 10.5 Å². The van der Waals surface area contributed by atoms with Gasteiger partial charge in [0.25, 0.3) is 0 Å². The Morgan fingerprint density at radius 1 is 1.52 bits per heavy atom. The third kappa shape index (κ3) is 4.05. The van der Waals surface area contributed by atoms with Crippen molar-refractivity contribution < 1.29 is 9.84 Å².